The van der Waals surface area contributed by atoms with Crippen molar-refractivity contribution >= 4 is 22.4 Å². The van der Waals surface area contributed by atoms with Crippen molar-refractivity contribution in [2.24, 2.45) is 0 Å². The molecule has 0 radical (unpaired) electrons. The lowest BCUT2D eigenvalue weighted by atomic mass is 10.0. The zero-order chi connectivity index (χ0) is 13.7. The van der Waals surface area contributed by atoms with Gasteiger partial charge in [-0.3, -0.25) is 0 Å². The van der Waals surface area contributed by atoms with Gasteiger partial charge in [0.25, 0.3) is 0 Å². The van der Waals surface area contributed by atoms with Crippen LogP contribution < -0.4 is 11.1 Å². The van der Waals surface area contributed by atoms with Crippen LogP contribution in [-0.2, 0) is 0 Å². The minimum atomic E-state index is 0.333. The van der Waals surface area contributed by atoms with E-state index in [2.05, 4.69) is 27.6 Å². The van der Waals surface area contributed by atoms with E-state index in [0.29, 0.717) is 17.4 Å². The summed E-state index contributed by atoms with van der Waals surface area (Å²) in [7, 11) is 0. The lowest BCUT2D eigenvalue weighted by Gasteiger charge is -2.33. The second kappa shape index (κ2) is 6.73. The van der Waals surface area contributed by atoms with E-state index in [1.807, 2.05) is 0 Å². The van der Waals surface area contributed by atoms with Gasteiger partial charge in [0, 0.05) is 19.1 Å². The number of nitrogens with one attached hydrogen (secondary N) is 1. The number of piperidine rings is 1. The number of hydrogen-bond acceptors (Lipinski definition) is 6. The summed E-state index contributed by atoms with van der Waals surface area (Å²) >= 11 is 1.27. The summed E-state index contributed by atoms with van der Waals surface area (Å²) < 4.78 is 3.99. The van der Waals surface area contributed by atoms with Crippen LogP contribution in [-0.4, -0.2) is 34.9 Å². The van der Waals surface area contributed by atoms with Crippen LogP contribution in [0.15, 0.2) is 0 Å². The summed E-state index contributed by atoms with van der Waals surface area (Å²) in [5, 5.41) is 13.0. The third kappa shape index (κ3) is 3.58. The molecule has 0 aromatic carbocycles. The van der Waals surface area contributed by atoms with Crippen molar-refractivity contribution in [1.29, 1.82) is 5.26 Å². The summed E-state index contributed by atoms with van der Waals surface area (Å²) in [4.78, 5) is 2.55. The highest BCUT2D eigenvalue weighted by Crippen LogP contribution is 2.25. The molecule has 6 heteroatoms. The zero-order valence-electron chi connectivity index (χ0n) is 11.4. The number of aromatic nitrogens is 1. The Bertz CT molecular complexity index is 450. The van der Waals surface area contributed by atoms with Gasteiger partial charge < -0.3 is 16.0 Å². The molecule has 1 aromatic rings. The molecule has 0 amide bonds. The maximum Gasteiger partial charge on any atom is 0.157 e. The van der Waals surface area contributed by atoms with E-state index in [1.54, 1.807) is 0 Å². The van der Waals surface area contributed by atoms with Crippen molar-refractivity contribution < 1.29 is 0 Å². The van der Waals surface area contributed by atoms with E-state index < -0.39 is 0 Å². The summed E-state index contributed by atoms with van der Waals surface area (Å²) in [6.45, 7) is 5.51. The van der Waals surface area contributed by atoms with Crippen LogP contribution in [0.1, 0.15) is 38.2 Å². The first-order chi connectivity index (χ1) is 9.22. The molecule has 1 unspecified atom stereocenters. The van der Waals surface area contributed by atoms with Crippen LogP contribution in [0, 0.1) is 11.3 Å². The van der Waals surface area contributed by atoms with E-state index in [4.69, 9.17) is 11.0 Å². The molecule has 2 heterocycles. The second-order valence-electron chi connectivity index (χ2n) is 5.04. The lowest BCUT2D eigenvalue weighted by Crippen LogP contribution is -2.38. The number of nitrogen functional groups attached to an aromatic ring is 1. The smallest absolute Gasteiger partial charge is 0.157 e. The Hall–Kier alpha value is -1.32. The van der Waals surface area contributed by atoms with Gasteiger partial charge in [-0.15, -0.1) is 0 Å². The fourth-order valence-corrected chi connectivity index (χ4v) is 3.19. The highest BCUT2D eigenvalue weighted by molar-refractivity contribution is 7.10. The standard InChI is InChI=1S/C13H21N5S/c1-10-5-2-3-7-18(10)8-4-6-16-13-11(9-14)12(15)17-19-13/h10,16H,2-8H2,1H3,(H2,15,17). The third-order valence-corrected chi connectivity index (χ3v) is 4.50. The van der Waals surface area contributed by atoms with Crippen LogP contribution in [0.2, 0.25) is 0 Å². The van der Waals surface area contributed by atoms with Gasteiger partial charge in [-0.25, -0.2) is 0 Å². The Morgan fingerprint density at radius 3 is 3.16 bits per heavy atom. The van der Waals surface area contributed by atoms with Crippen molar-refractivity contribution in [3.8, 4) is 6.07 Å². The SMILES string of the molecule is CC1CCCCN1CCCNc1snc(N)c1C#N. The Balaban J connectivity index is 1.73. The maximum atomic E-state index is 8.97. The average molecular weight is 279 g/mol. The van der Waals surface area contributed by atoms with E-state index in [1.165, 1.54) is 37.3 Å². The first kappa shape index (κ1) is 14.1. The van der Waals surface area contributed by atoms with Gasteiger partial charge in [0.05, 0.1) is 0 Å². The second-order valence-corrected chi connectivity index (χ2v) is 5.82. The quantitative estimate of drug-likeness (QED) is 0.808. The molecule has 19 heavy (non-hydrogen) atoms. The lowest BCUT2D eigenvalue weighted by molar-refractivity contribution is 0.160. The molecular weight excluding hydrogens is 258 g/mol. The van der Waals surface area contributed by atoms with Gasteiger partial charge in [0.15, 0.2) is 5.82 Å². The minimum Gasteiger partial charge on any atom is -0.382 e. The van der Waals surface area contributed by atoms with E-state index in [9.17, 15) is 0 Å². The van der Waals surface area contributed by atoms with Gasteiger partial charge in [-0.2, -0.15) is 9.64 Å². The van der Waals surface area contributed by atoms with Gasteiger partial charge >= 0.3 is 0 Å². The molecule has 1 fully saturated rings. The number of rotatable bonds is 5. The number of anilines is 2. The Labute approximate surface area is 118 Å². The zero-order valence-corrected chi connectivity index (χ0v) is 12.2. The van der Waals surface area contributed by atoms with Gasteiger partial charge in [-0.1, -0.05) is 6.42 Å². The molecule has 0 bridgehead atoms. The summed E-state index contributed by atoms with van der Waals surface area (Å²) in [6, 6.07) is 2.80. The number of nitriles is 1. The molecule has 3 N–H and O–H groups in total. The third-order valence-electron chi connectivity index (χ3n) is 3.68. The van der Waals surface area contributed by atoms with Crippen LogP contribution in [0.3, 0.4) is 0 Å². The molecule has 5 nitrogen and oxygen atoms in total. The molecule has 1 aliphatic heterocycles. The van der Waals surface area contributed by atoms with E-state index in [-0.39, 0.29) is 0 Å². The molecule has 1 aromatic heterocycles. The highest BCUT2D eigenvalue weighted by Gasteiger charge is 2.17. The number of likely N-dealkylation sites (tertiary alicyclic amines) is 1. The Morgan fingerprint density at radius 2 is 2.42 bits per heavy atom. The summed E-state index contributed by atoms with van der Waals surface area (Å²) in [6.07, 6.45) is 5.08. The van der Waals surface area contributed by atoms with Gasteiger partial charge in [-0.05, 0) is 44.3 Å². The Kier molecular flexibility index (Phi) is 5.00. The van der Waals surface area contributed by atoms with Gasteiger partial charge in [0.1, 0.15) is 16.6 Å². The molecule has 1 atom stereocenters. The number of nitrogens with two attached hydrogens (primary N) is 1. The Morgan fingerprint density at radius 1 is 1.58 bits per heavy atom. The van der Waals surface area contributed by atoms with Crippen molar-refractivity contribution in [1.82, 2.24) is 9.27 Å². The molecule has 0 spiro atoms. The molecule has 104 valence electrons. The summed E-state index contributed by atoms with van der Waals surface area (Å²) in [5.74, 6) is 0.333. The number of hydrogen-bond donors (Lipinski definition) is 2. The predicted octanol–water partition coefficient (Wildman–Crippen LogP) is 2.27. The number of nitrogens with zero attached hydrogens (tertiary/aromatic N) is 3. The largest absolute Gasteiger partial charge is 0.382 e. The average Bonchev–Trinajstić information content (AvgIpc) is 2.77. The van der Waals surface area contributed by atoms with Crippen molar-refractivity contribution in [2.75, 3.05) is 30.7 Å². The highest BCUT2D eigenvalue weighted by atomic mass is 32.1. The van der Waals surface area contributed by atoms with Crippen LogP contribution >= 0.6 is 11.5 Å². The molecule has 0 aliphatic carbocycles. The molecule has 0 saturated carbocycles. The predicted molar refractivity (Wildman–Crippen MR) is 79.2 cm³/mol. The van der Waals surface area contributed by atoms with Crippen molar-refractivity contribution in [3.05, 3.63) is 5.56 Å². The normalized spacial score (nSPS) is 20.1. The fourth-order valence-electron chi connectivity index (χ4n) is 2.50. The van der Waals surface area contributed by atoms with Crippen LogP contribution in [0.5, 0.6) is 0 Å². The van der Waals surface area contributed by atoms with E-state index in [0.717, 1.165) is 24.5 Å². The first-order valence-corrected chi connectivity index (χ1v) is 7.63. The molecule has 2 rings (SSSR count). The molecule has 1 saturated heterocycles. The van der Waals surface area contributed by atoms with Gasteiger partial charge in [0.2, 0.25) is 0 Å². The van der Waals surface area contributed by atoms with E-state index >= 15 is 0 Å². The van der Waals surface area contributed by atoms with Crippen LogP contribution in [0.25, 0.3) is 0 Å². The first-order valence-electron chi connectivity index (χ1n) is 6.85. The fraction of sp³-hybridized carbons (Fsp3) is 0.692. The molecule has 1 aliphatic rings. The monoisotopic (exact) mass is 279 g/mol. The van der Waals surface area contributed by atoms with Crippen LogP contribution in [0.4, 0.5) is 10.8 Å². The molecular formula is C13H21N5S. The maximum absolute atomic E-state index is 8.97. The summed E-state index contributed by atoms with van der Waals surface area (Å²) in [5.41, 5.74) is 6.10. The van der Waals surface area contributed by atoms with Crippen molar-refractivity contribution in [2.45, 2.75) is 38.6 Å². The van der Waals surface area contributed by atoms with Crippen molar-refractivity contribution in [3.63, 3.8) is 0 Å². The minimum absolute atomic E-state index is 0.333. The topological polar surface area (TPSA) is 78.0 Å².